The van der Waals surface area contributed by atoms with Crippen LogP contribution < -0.4 is 32.7 Å². The van der Waals surface area contributed by atoms with Gasteiger partial charge in [0.1, 0.15) is 12.1 Å². The number of carbonyl (C=O) groups is 12. The number of amides is 10. The Kier molecular flexibility index (Phi) is 46.8. The Balaban J connectivity index is 0.0000757. The molecule has 0 aromatic carbocycles. The standard InChI is InChI=1S/C57H103N13O17.Gd/c1-64(50(75)25-23-44(58)53(78)79)31-15-5-10-20-46(71)60-27-13-3-8-18-48(73)62-29-34-67(35-30-63-49(74)19-9-4-14-28-61-47(72)21-11-6-16-32-65(2)51(76)26-24-45(59)54(80)81)52(77)22-12-7-17-33-66-36-38-68(55(82)83)40-42-70(57(86)87)43-41-69(39-37-66)56(84)85;/h44-45H,3-43,58-59H2,1-2H3,(H,60,71)(H,61,72)(H,62,73)(H,63,74)(H,78,79)(H,80,81)(H,82,83)(H,84,85)(H,86,87);/q;+3. The predicted octanol–water partition coefficient (Wildman–Crippen LogP) is 1.64. The van der Waals surface area contributed by atoms with Gasteiger partial charge in [-0.05, 0) is 83.6 Å². The first kappa shape index (κ1) is 82.2. The first-order valence-corrected chi connectivity index (χ1v) is 30.9. The average Bonchev–Trinajstić information content (AvgIpc) is 3.59. The second kappa shape index (κ2) is 50.0. The van der Waals surface area contributed by atoms with Crippen molar-refractivity contribution in [3.05, 3.63) is 0 Å². The van der Waals surface area contributed by atoms with Crippen LogP contribution in [0.2, 0.25) is 0 Å². The number of carboxylic acid groups (broad SMARTS) is 5. The van der Waals surface area contributed by atoms with Gasteiger partial charge >= 0.3 is 70.2 Å². The summed E-state index contributed by atoms with van der Waals surface area (Å²) in [6.07, 6.45) is 7.74. The Morgan fingerprint density at radius 1 is 0.375 bits per heavy atom. The van der Waals surface area contributed by atoms with E-state index in [1.165, 1.54) is 9.80 Å². The quantitative estimate of drug-likeness (QED) is 0.0386. The van der Waals surface area contributed by atoms with E-state index in [2.05, 4.69) is 21.3 Å². The van der Waals surface area contributed by atoms with Crippen LogP contribution in [0.1, 0.15) is 154 Å². The van der Waals surface area contributed by atoms with Gasteiger partial charge in [0.25, 0.3) is 0 Å². The minimum Gasteiger partial charge on any atom is -0.480 e. The Labute approximate surface area is 549 Å². The van der Waals surface area contributed by atoms with Crippen molar-refractivity contribution in [2.75, 3.05) is 125 Å². The third-order valence-corrected chi connectivity index (χ3v) is 15.0. The number of carboxylic acids is 2. The number of hydrogen-bond acceptors (Lipinski definition) is 15. The van der Waals surface area contributed by atoms with Crippen molar-refractivity contribution >= 4 is 71.6 Å². The molecule has 31 heteroatoms. The van der Waals surface area contributed by atoms with Crippen LogP contribution in [0.4, 0.5) is 14.4 Å². The summed E-state index contributed by atoms with van der Waals surface area (Å²) in [6.45, 7) is 3.50. The van der Waals surface area contributed by atoms with Gasteiger partial charge in [-0.1, -0.05) is 32.1 Å². The molecule has 0 aromatic rings. The van der Waals surface area contributed by atoms with Crippen molar-refractivity contribution in [1.82, 2.24) is 55.6 Å². The molecule has 1 heterocycles. The van der Waals surface area contributed by atoms with Crippen LogP contribution in [0.3, 0.4) is 0 Å². The molecule has 1 aliphatic heterocycles. The van der Waals surface area contributed by atoms with Crippen molar-refractivity contribution in [2.45, 2.75) is 166 Å². The molecule has 2 unspecified atom stereocenters. The van der Waals surface area contributed by atoms with E-state index >= 15 is 0 Å². The maximum atomic E-state index is 13.7. The summed E-state index contributed by atoms with van der Waals surface area (Å²) < 4.78 is 0. The number of carbonyl (C=O) groups excluding carboxylic acids is 7. The van der Waals surface area contributed by atoms with Crippen LogP contribution in [0.25, 0.3) is 0 Å². The molecule has 0 bridgehead atoms. The summed E-state index contributed by atoms with van der Waals surface area (Å²) in [4.78, 5) is 156. The largest absolute Gasteiger partial charge is 3.00 e. The maximum absolute atomic E-state index is 13.7. The normalized spacial score (nSPS) is 13.7. The summed E-state index contributed by atoms with van der Waals surface area (Å²) in [5, 5.41) is 58.5. The second-order valence-electron chi connectivity index (χ2n) is 22.1. The van der Waals surface area contributed by atoms with Crippen molar-refractivity contribution in [3.8, 4) is 0 Å². The van der Waals surface area contributed by atoms with Crippen molar-refractivity contribution in [2.24, 2.45) is 11.5 Å². The number of hydrogen-bond donors (Lipinski definition) is 11. The fraction of sp³-hybridized carbons (Fsp3) is 0.789. The number of nitrogens with two attached hydrogens (primary N) is 2. The zero-order chi connectivity index (χ0) is 64.9. The summed E-state index contributed by atoms with van der Waals surface area (Å²) in [6, 6.07) is -2.16. The van der Waals surface area contributed by atoms with Crippen LogP contribution in [0.5, 0.6) is 0 Å². The van der Waals surface area contributed by atoms with Crippen molar-refractivity contribution < 1.29 is 123 Å². The minimum atomic E-state index is -1.27. The van der Waals surface area contributed by atoms with E-state index in [0.29, 0.717) is 129 Å². The molecule has 88 heavy (non-hydrogen) atoms. The zero-order valence-corrected chi connectivity index (χ0v) is 54.2. The van der Waals surface area contributed by atoms with Gasteiger partial charge in [-0.2, -0.15) is 0 Å². The molecule has 1 saturated heterocycles. The van der Waals surface area contributed by atoms with Crippen LogP contribution in [0, 0.1) is 39.9 Å². The molecule has 0 aliphatic carbocycles. The molecule has 1 fully saturated rings. The topological polar surface area (TPSA) is 429 Å². The molecule has 13 N–H and O–H groups in total. The molecule has 1 radical (unpaired) electrons. The van der Waals surface area contributed by atoms with Crippen LogP contribution in [-0.4, -0.2) is 269 Å². The van der Waals surface area contributed by atoms with E-state index in [1.807, 2.05) is 4.90 Å². The monoisotopic (exact) mass is 1400 g/mol. The van der Waals surface area contributed by atoms with Crippen LogP contribution in [0.15, 0.2) is 0 Å². The molecule has 0 saturated carbocycles. The van der Waals surface area contributed by atoms with Gasteiger partial charge in [0.2, 0.25) is 41.4 Å². The van der Waals surface area contributed by atoms with Gasteiger partial charge in [-0.3, -0.25) is 48.1 Å². The molecule has 0 spiro atoms. The molecule has 2 atom stereocenters. The Morgan fingerprint density at radius 2 is 0.682 bits per heavy atom. The first-order valence-electron chi connectivity index (χ1n) is 30.9. The number of rotatable bonds is 44. The fourth-order valence-electron chi connectivity index (χ4n) is 9.26. The molecule has 30 nitrogen and oxygen atoms in total. The smallest absolute Gasteiger partial charge is 0.480 e. The Morgan fingerprint density at radius 3 is 1.02 bits per heavy atom. The first-order chi connectivity index (χ1) is 41.4. The summed E-state index contributed by atoms with van der Waals surface area (Å²) >= 11 is 0. The van der Waals surface area contributed by atoms with E-state index in [9.17, 15) is 72.9 Å². The third-order valence-electron chi connectivity index (χ3n) is 15.0. The van der Waals surface area contributed by atoms with Gasteiger partial charge < -0.3 is 87.7 Å². The summed E-state index contributed by atoms with van der Waals surface area (Å²) in [7, 11) is 3.30. The van der Waals surface area contributed by atoms with Crippen molar-refractivity contribution in [3.63, 3.8) is 0 Å². The molecule has 0 aromatic heterocycles. The molecular weight excluding hydrogens is 1300 g/mol. The minimum absolute atomic E-state index is 0. The number of nitrogens with zero attached hydrogens (tertiary/aromatic N) is 7. The fourth-order valence-corrected chi connectivity index (χ4v) is 9.26. The third kappa shape index (κ3) is 41.5. The number of nitrogens with one attached hydrogen (secondary N) is 4. The van der Waals surface area contributed by atoms with Gasteiger partial charge in [0.05, 0.1) is 0 Å². The number of unbranched alkanes of at least 4 members (excludes halogenated alkanes) is 10. The Hall–Kier alpha value is -5.76. The second-order valence-corrected chi connectivity index (χ2v) is 22.1. The molecule has 1 rings (SSSR count). The van der Waals surface area contributed by atoms with E-state index in [-0.39, 0.29) is 205 Å². The van der Waals surface area contributed by atoms with Gasteiger partial charge in [0.15, 0.2) is 0 Å². The molecule has 10 amide bonds. The SMILES string of the molecule is CN(CCCCCC(=O)NCCCCCC(=O)NCCN(CCNC(=O)CCCCCNC(=O)CCCCCN(C)C(=O)CCC(N)C(=O)O)C(=O)CCCCCN1CCN(C(=O)O)CCN(C(=O)O)CCN(C(=O)O)CC1)C(=O)CCC(N)C(=O)O.[Gd+3]. The Bertz CT molecular complexity index is 2010. The van der Waals surface area contributed by atoms with Gasteiger partial charge in [-0.15, -0.1) is 0 Å². The van der Waals surface area contributed by atoms with Gasteiger partial charge in [-0.25, -0.2) is 14.4 Å². The van der Waals surface area contributed by atoms with E-state index in [1.54, 1.807) is 19.0 Å². The van der Waals surface area contributed by atoms with E-state index in [0.717, 1.165) is 27.5 Å². The summed E-state index contributed by atoms with van der Waals surface area (Å²) in [5.74, 6) is -3.39. The summed E-state index contributed by atoms with van der Waals surface area (Å²) in [5.41, 5.74) is 10.9. The zero-order valence-electron chi connectivity index (χ0n) is 51.9. The average molecular weight is 1400 g/mol. The van der Waals surface area contributed by atoms with Gasteiger partial charge in [0, 0.05) is 164 Å². The van der Waals surface area contributed by atoms with E-state index in [4.69, 9.17) is 21.7 Å². The molecule has 1 aliphatic rings. The van der Waals surface area contributed by atoms with Crippen LogP contribution in [-0.2, 0) is 43.2 Å². The predicted molar refractivity (Wildman–Crippen MR) is 321 cm³/mol. The van der Waals surface area contributed by atoms with E-state index < -0.39 is 42.3 Å². The molecular formula is C57H103GdN13O17+3. The van der Waals surface area contributed by atoms with Crippen LogP contribution >= 0.6 is 0 Å². The maximum Gasteiger partial charge on any atom is 3.00 e. The van der Waals surface area contributed by atoms with Crippen molar-refractivity contribution in [1.29, 1.82) is 0 Å². The molecule has 503 valence electrons. The number of aliphatic carboxylic acids is 2.